The van der Waals surface area contributed by atoms with E-state index in [2.05, 4.69) is 0 Å². The van der Waals surface area contributed by atoms with Crippen molar-refractivity contribution in [1.29, 1.82) is 0 Å². The van der Waals surface area contributed by atoms with Gasteiger partial charge in [0.05, 0.1) is 6.54 Å². The summed E-state index contributed by atoms with van der Waals surface area (Å²) >= 11 is 0. The van der Waals surface area contributed by atoms with Crippen molar-refractivity contribution in [1.82, 2.24) is 4.90 Å². The predicted molar refractivity (Wildman–Crippen MR) is 68.8 cm³/mol. The summed E-state index contributed by atoms with van der Waals surface area (Å²) in [6.45, 7) is 4.10. The van der Waals surface area contributed by atoms with E-state index in [1.165, 1.54) is 0 Å². The fourth-order valence-corrected chi connectivity index (χ4v) is 2.48. The number of hydrogen-bond acceptors (Lipinski definition) is 3. The fourth-order valence-electron chi connectivity index (χ4n) is 2.48. The molecule has 4 heteroatoms. The van der Waals surface area contributed by atoms with Crippen molar-refractivity contribution in [2.24, 2.45) is 0 Å². The second kappa shape index (κ2) is 4.61. The molecule has 0 amide bonds. The first kappa shape index (κ1) is 12.9. The molecular weight excluding hydrogens is 230 g/mol. The highest BCUT2D eigenvalue weighted by Crippen LogP contribution is 2.41. The van der Waals surface area contributed by atoms with Crippen LogP contribution in [-0.2, 0) is 4.79 Å². The van der Waals surface area contributed by atoms with Gasteiger partial charge in [-0.1, -0.05) is 18.2 Å². The van der Waals surface area contributed by atoms with Gasteiger partial charge in [-0.25, -0.2) is 0 Å². The number of fused-ring (bicyclic) bond motifs is 1. The molecule has 18 heavy (non-hydrogen) atoms. The molecule has 0 saturated heterocycles. The number of carboxylic acid groups (broad SMARTS) is 1. The second-order valence-electron chi connectivity index (χ2n) is 5.43. The normalized spacial score (nSPS) is 21.2. The van der Waals surface area contributed by atoms with Crippen LogP contribution in [0.2, 0.25) is 0 Å². The lowest BCUT2D eigenvalue weighted by atomic mass is 9.89. The zero-order valence-electron chi connectivity index (χ0n) is 11.0. The molecule has 0 aliphatic carbocycles. The summed E-state index contributed by atoms with van der Waals surface area (Å²) < 4.78 is 5.93. The first-order chi connectivity index (χ1) is 8.39. The number of carbonyl (C=O) groups is 1. The summed E-state index contributed by atoms with van der Waals surface area (Å²) in [5.41, 5.74) is 0.798. The molecule has 1 aromatic carbocycles. The Morgan fingerprint density at radius 3 is 2.83 bits per heavy atom. The molecule has 1 aromatic rings. The van der Waals surface area contributed by atoms with E-state index in [0.717, 1.165) is 17.7 Å². The molecule has 1 heterocycles. The number of ether oxygens (including phenoxy) is 1. The van der Waals surface area contributed by atoms with Crippen molar-refractivity contribution >= 4 is 5.97 Å². The predicted octanol–water partition coefficient (Wildman–Crippen LogP) is 2.31. The second-order valence-corrected chi connectivity index (χ2v) is 5.43. The number of benzene rings is 1. The molecule has 2 rings (SSSR count). The van der Waals surface area contributed by atoms with Crippen LogP contribution < -0.4 is 4.74 Å². The molecule has 0 radical (unpaired) electrons. The number of likely N-dealkylation sites (N-methyl/N-ethyl adjacent to an activating group) is 1. The first-order valence-corrected chi connectivity index (χ1v) is 6.09. The number of nitrogens with zero attached hydrogens (tertiary/aromatic N) is 1. The first-order valence-electron chi connectivity index (χ1n) is 6.09. The average Bonchev–Trinajstić information content (AvgIpc) is 2.25. The van der Waals surface area contributed by atoms with E-state index in [1.54, 1.807) is 0 Å². The Hall–Kier alpha value is -1.55. The Morgan fingerprint density at radius 1 is 1.50 bits per heavy atom. The molecule has 1 unspecified atom stereocenters. The molecule has 0 aromatic heterocycles. The van der Waals surface area contributed by atoms with Crippen molar-refractivity contribution in [3.05, 3.63) is 29.8 Å². The van der Waals surface area contributed by atoms with Gasteiger partial charge in [-0.3, -0.25) is 9.69 Å². The van der Waals surface area contributed by atoms with Crippen molar-refractivity contribution in [2.45, 2.75) is 31.9 Å². The minimum atomic E-state index is -0.806. The number of rotatable bonds is 3. The maximum absolute atomic E-state index is 10.9. The third-order valence-corrected chi connectivity index (χ3v) is 3.27. The third-order valence-electron chi connectivity index (χ3n) is 3.27. The Bertz CT molecular complexity index is 456. The van der Waals surface area contributed by atoms with Crippen LogP contribution in [0.15, 0.2) is 24.3 Å². The minimum Gasteiger partial charge on any atom is -0.487 e. The van der Waals surface area contributed by atoms with E-state index >= 15 is 0 Å². The molecular formula is C14H19NO3. The molecule has 1 aliphatic heterocycles. The molecule has 1 atom stereocenters. The largest absolute Gasteiger partial charge is 0.487 e. The fraction of sp³-hybridized carbons (Fsp3) is 0.500. The van der Waals surface area contributed by atoms with Gasteiger partial charge in [0.15, 0.2) is 0 Å². The van der Waals surface area contributed by atoms with E-state index < -0.39 is 5.97 Å². The van der Waals surface area contributed by atoms with Crippen LogP contribution in [0.1, 0.15) is 31.9 Å². The number of carboxylic acids is 1. The number of aliphatic carboxylic acids is 1. The monoisotopic (exact) mass is 249 g/mol. The van der Waals surface area contributed by atoms with Crippen LogP contribution in [0, 0.1) is 0 Å². The quantitative estimate of drug-likeness (QED) is 0.893. The SMILES string of the molecule is CN(CC(=O)O)C1CC(C)(C)Oc2ccccc21. The Kier molecular flexibility index (Phi) is 3.30. The van der Waals surface area contributed by atoms with E-state index in [1.807, 2.05) is 50.1 Å². The third kappa shape index (κ3) is 2.64. The van der Waals surface area contributed by atoms with Crippen LogP contribution in [0.4, 0.5) is 0 Å². The molecule has 0 spiro atoms. The molecule has 0 saturated carbocycles. The van der Waals surface area contributed by atoms with Gasteiger partial charge >= 0.3 is 5.97 Å². The standard InChI is InChI=1S/C14H19NO3/c1-14(2)8-11(15(3)9-13(16)17)10-6-4-5-7-12(10)18-14/h4-7,11H,8-9H2,1-3H3,(H,16,17). The summed E-state index contributed by atoms with van der Waals surface area (Å²) in [4.78, 5) is 12.7. The van der Waals surface area contributed by atoms with Crippen LogP contribution in [0.3, 0.4) is 0 Å². The summed E-state index contributed by atoms with van der Waals surface area (Å²) in [6.07, 6.45) is 0.786. The highest BCUT2D eigenvalue weighted by Gasteiger charge is 2.35. The lowest BCUT2D eigenvalue weighted by Gasteiger charge is -2.40. The topological polar surface area (TPSA) is 49.8 Å². The molecule has 0 fully saturated rings. The van der Waals surface area contributed by atoms with E-state index in [9.17, 15) is 4.79 Å². The minimum absolute atomic E-state index is 0.0368. The van der Waals surface area contributed by atoms with Crippen molar-refractivity contribution < 1.29 is 14.6 Å². The summed E-state index contributed by atoms with van der Waals surface area (Å²) in [6, 6.07) is 7.93. The lowest BCUT2D eigenvalue weighted by Crippen LogP contribution is -2.41. The zero-order chi connectivity index (χ0) is 13.3. The molecule has 1 N–H and O–H groups in total. The average molecular weight is 249 g/mol. The number of para-hydroxylation sites is 1. The van der Waals surface area contributed by atoms with Gasteiger partial charge in [0.1, 0.15) is 11.4 Å². The van der Waals surface area contributed by atoms with Crippen molar-refractivity contribution in [3.63, 3.8) is 0 Å². The van der Waals surface area contributed by atoms with Gasteiger partial charge in [0.25, 0.3) is 0 Å². The maximum Gasteiger partial charge on any atom is 0.317 e. The molecule has 1 aliphatic rings. The highest BCUT2D eigenvalue weighted by molar-refractivity contribution is 5.69. The van der Waals surface area contributed by atoms with Crippen LogP contribution in [-0.4, -0.2) is 35.2 Å². The Balaban J connectivity index is 2.32. The van der Waals surface area contributed by atoms with E-state index in [-0.39, 0.29) is 18.2 Å². The van der Waals surface area contributed by atoms with Crippen LogP contribution >= 0.6 is 0 Å². The summed E-state index contributed by atoms with van der Waals surface area (Å²) in [5.74, 6) is 0.0512. The van der Waals surface area contributed by atoms with E-state index in [4.69, 9.17) is 9.84 Å². The van der Waals surface area contributed by atoms with E-state index in [0.29, 0.717) is 0 Å². The van der Waals surface area contributed by atoms with Crippen molar-refractivity contribution in [3.8, 4) is 5.75 Å². The molecule has 4 nitrogen and oxygen atoms in total. The van der Waals surface area contributed by atoms with Gasteiger partial charge in [-0.15, -0.1) is 0 Å². The Morgan fingerprint density at radius 2 is 2.17 bits per heavy atom. The van der Waals surface area contributed by atoms with Gasteiger partial charge < -0.3 is 9.84 Å². The van der Waals surface area contributed by atoms with Gasteiger partial charge in [-0.05, 0) is 27.0 Å². The summed E-state index contributed by atoms with van der Waals surface area (Å²) in [7, 11) is 1.84. The zero-order valence-corrected chi connectivity index (χ0v) is 11.0. The van der Waals surface area contributed by atoms with Crippen LogP contribution in [0.5, 0.6) is 5.75 Å². The van der Waals surface area contributed by atoms with Crippen molar-refractivity contribution in [2.75, 3.05) is 13.6 Å². The van der Waals surface area contributed by atoms with Gasteiger partial charge in [0.2, 0.25) is 0 Å². The lowest BCUT2D eigenvalue weighted by molar-refractivity contribution is -0.139. The molecule has 98 valence electrons. The maximum atomic E-state index is 10.9. The van der Waals surface area contributed by atoms with Gasteiger partial charge in [0, 0.05) is 18.0 Å². The highest BCUT2D eigenvalue weighted by atomic mass is 16.5. The van der Waals surface area contributed by atoms with Crippen LogP contribution in [0.25, 0.3) is 0 Å². The smallest absolute Gasteiger partial charge is 0.317 e. The molecule has 0 bridgehead atoms. The Labute approximate surface area is 107 Å². The number of hydrogen-bond donors (Lipinski definition) is 1. The van der Waals surface area contributed by atoms with Gasteiger partial charge in [-0.2, -0.15) is 0 Å². The summed E-state index contributed by atoms with van der Waals surface area (Å²) in [5, 5.41) is 8.92.